The first-order valence-corrected chi connectivity index (χ1v) is 9.94. The predicted molar refractivity (Wildman–Crippen MR) is 108 cm³/mol. The van der Waals surface area contributed by atoms with E-state index in [4.69, 9.17) is 0 Å². The van der Waals surface area contributed by atoms with Crippen molar-refractivity contribution in [2.75, 3.05) is 11.9 Å². The fourth-order valence-corrected chi connectivity index (χ4v) is 4.72. The summed E-state index contributed by atoms with van der Waals surface area (Å²) in [5.41, 5.74) is 2.33. The molecule has 0 bridgehead atoms. The van der Waals surface area contributed by atoms with Gasteiger partial charge in [0.2, 0.25) is 0 Å². The Morgan fingerprint density at radius 1 is 1.21 bits per heavy atom. The smallest absolute Gasteiger partial charge is 0.259 e. The summed E-state index contributed by atoms with van der Waals surface area (Å²) in [5.74, 6) is -2.38. The fourth-order valence-electron chi connectivity index (χ4n) is 3.48. The number of hydrogen-bond donors (Lipinski definition) is 1. The van der Waals surface area contributed by atoms with E-state index in [1.807, 2.05) is 18.2 Å². The monoisotopic (exact) mass is 409 g/mol. The molecule has 1 aromatic heterocycles. The molecule has 146 valence electrons. The number of nitrogens with zero attached hydrogens (tertiary/aromatic N) is 2. The molecular formula is C22H17F2N3OS. The second-order valence-corrected chi connectivity index (χ2v) is 7.95. The van der Waals surface area contributed by atoms with E-state index in [2.05, 4.69) is 28.4 Å². The molecule has 0 spiro atoms. The van der Waals surface area contributed by atoms with E-state index in [-0.39, 0.29) is 5.56 Å². The molecule has 0 unspecified atom stereocenters. The number of anilines is 1. The van der Waals surface area contributed by atoms with Gasteiger partial charge in [-0.05, 0) is 29.7 Å². The molecule has 4 nitrogen and oxygen atoms in total. The van der Waals surface area contributed by atoms with E-state index in [1.54, 1.807) is 0 Å². The maximum atomic E-state index is 13.9. The van der Waals surface area contributed by atoms with Crippen LogP contribution in [0.25, 0.3) is 0 Å². The highest BCUT2D eigenvalue weighted by molar-refractivity contribution is 7.16. The second kappa shape index (κ2) is 8.11. The van der Waals surface area contributed by atoms with Crippen molar-refractivity contribution in [1.29, 1.82) is 5.26 Å². The molecule has 1 aliphatic rings. The van der Waals surface area contributed by atoms with Gasteiger partial charge in [-0.1, -0.05) is 30.3 Å². The highest BCUT2D eigenvalue weighted by Crippen LogP contribution is 2.37. The number of nitrogens with one attached hydrogen (secondary N) is 1. The minimum absolute atomic E-state index is 0.257. The first-order valence-electron chi connectivity index (χ1n) is 9.12. The molecule has 1 amide bonds. The average Bonchev–Trinajstić information content (AvgIpc) is 3.04. The van der Waals surface area contributed by atoms with Crippen molar-refractivity contribution in [1.82, 2.24) is 4.90 Å². The lowest BCUT2D eigenvalue weighted by atomic mass is 10.0. The van der Waals surface area contributed by atoms with Gasteiger partial charge in [0.15, 0.2) is 0 Å². The molecule has 2 aromatic carbocycles. The number of hydrogen-bond acceptors (Lipinski definition) is 4. The van der Waals surface area contributed by atoms with E-state index in [0.29, 0.717) is 29.6 Å². The van der Waals surface area contributed by atoms with Crippen molar-refractivity contribution in [3.8, 4) is 6.07 Å². The van der Waals surface area contributed by atoms with Crippen molar-refractivity contribution >= 4 is 22.2 Å². The van der Waals surface area contributed by atoms with Gasteiger partial charge in [0.25, 0.3) is 5.91 Å². The molecule has 0 fully saturated rings. The van der Waals surface area contributed by atoms with Crippen LogP contribution < -0.4 is 5.32 Å². The Hall–Kier alpha value is -3.08. The number of carbonyl (C=O) groups excluding carboxylic acids is 1. The molecule has 0 saturated heterocycles. The van der Waals surface area contributed by atoms with Crippen LogP contribution in [0.2, 0.25) is 0 Å². The number of halogens is 2. The minimum Gasteiger partial charge on any atom is -0.312 e. The molecular weight excluding hydrogens is 392 g/mol. The van der Waals surface area contributed by atoms with Gasteiger partial charge in [-0.2, -0.15) is 5.26 Å². The third-order valence-electron chi connectivity index (χ3n) is 4.90. The average molecular weight is 409 g/mol. The van der Waals surface area contributed by atoms with Crippen LogP contribution in [0, 0.1) is 23.0 Å². The van der Waals surface area contributed by atoms with Crippen molar-refractivity contribution in [2.24, 2.45) is 0 Å². The molecule has 0 aliphatic carbocycles. The molecule has 1 aliphatic heterocycles. The van der Waals surface area contributed by atoms with Crippen LogP contribution in [-0.2, 0) is 19.5 Å². The van der Waals surface area contributed by atoms with E-state index in [1.165, 1.54) is 16.9 Å². The topological polar surface area (TPSA) is 56.1 Å². The Bertz CT molecular complexity index is 1110. The van der Waals surface area contributed by atoms with Crippen LogP contribution in [0.1, 0.15) is 31.9 Å². The van der Waals surface area contributed by atoms with Gasteiger partial charge in [0, 0.05) is 30.6 Å². The Labute approximate surface area is 171 Å². The lowest BCUT2D eigenvalue weighted by Gasteiger charge is -2.26. The normalized spacial score (nSPS) is 13.6. The van der Waals surface area contributed by atoms with Crippen LogP contribution in [0.4, 0.5) is 13.8 Å². The first-order chi connectivity index (χ1) is 14.0. The SMILES string of the molecule is N#Cc1c(NC(=O)c2ccc(F)cc2F)sc2c1CCN(Cc1ccccc1)C2. The van der Waals surface area contributed by atoms with Crippen molar-refractivity contribution in [3.63, 3.8) is 0 Å². The van der Waals surface area contributed by atoms with Gasteiger partial charge < -0.3 is 5.32 Å². The van der Waals surface area contributed by atoms with Gasteiger partial charge in [-0.25, -0.2) is 8.78 Å². The molecule has 4 rings (SSSR count). The summed E-state index contributed by atoms with van der Waals surface area (Å²) in [7, 11) is 0. The zero-order chi connectivity index (χ0) is 20.4. The van der Waals surface area contributed by atoms with Crippen molar-refractivity contribution in [3.05, 3.63) is 87.3 Å². The van der Waals surface area contributed by atoms with E-state index < -0.39 is 17.5 Å². The first kappa shape index (κ1) is 19.2. The summed E-state index contributed by atoms with van der Waals surface area (Å²) in [6, 6.07) is 15.1. The molecule has 0 radical (unpaired) electrons. The van der Waals surface area contributed by atoms with E-state index in [0.717, 1.165) is 35.7 Å². The largest absolute Gasteiger partial charge is 0.312 e. The number of fused-ring (bicyclic) bond motifs is 1. The fraction of sp³-hybridized carbons (Fsp3) is 0.182. The van der Waals surface area contributed by atoms with Crippen LogP contribution in [0.3, 0.4) is 0 Å². The van der Waals surface area contributed by atoms with E-state index in [9.17, 15) is 18.8 Å². The lowest BCUT2D eigenvalue weighted by molar-refractivity contribution is 0.102. The number of thiophene rings is 1. The molecule has 3 aromatic rings. The number of benzene rings is 2. The molecule has 7 heteroatoms. The third-order valence-corrected chi connectivity index (χ3v) is 6.03. The Morgan fingerprint density at radius 3 is 2.72 bits per heavy atom. The van der Waals surface area contributed by atoms with Crippen LogP contribution >= 0.6 is 11.3 Å². The van der Waals surface area contributed by atoms with E-state index >= 15 is 0 Å². The Morgan fingerprint density at radius 2 is 2.00 bits per heavy atom. The van der Waals surface area contributed by atoms with Crippen molar-refractivity contribution < 1.29 is 13.6 Å². The summed E-state index contributed by atoms with van der Waals surface area (Å²) in [6.45, 7) is 2.31. The number of rotatable bonds is 4. The third kappa shape index (κ3) is 4.04. The zero-order valence-corrected chi connectivity index (χ0v) is 16.2. The predicted octanol–water partition coefficient (Wildman–Crippen LogP) is 4.71. The Kier molecular flexibility index (Phi) is 5.38. The van der Waals surface area contributed by atoms with Gasteiger partial charge in [0.05, 0.1) is 11.1 Å². The molecule has 0 atom stereocenters. The molecule has 2 heterocycles. The lowest BCUT2D eigenvalue weighted by Crippen LogP contribution is -2.29. The summed E-state index contributed by atoms with van der Waals surface area (Å²) < 4.78 is 27.0. The van der Waals surface area contributed by atoms with Crippen molar-refractivity contribution in [2.45, 2.75) is 19.5 Å². The summed E-state index contributed by atoms with van der Waals surface area (Å²) in [5, 5.41) is 12.7. The Balaban J connectivity index is 1.54. The second-order valence-electron chi connectivity index (χ2n) is 6.84. The van der Waals surface area contributed by atoms with Gasteiger partial charge in [-0.3, -0.25) is 9.69 Å². The number of carbonyl (C=O) groups is 1. The maximum Gasteiger partial charge on any atom is 0.259 e. The quantitative estimate of drug-likeness (QED) is 0.679. The summed E-state index contributed by atoms with van der Waals surface area (Å²) in [4.78, 5) is 15.8. The highest BCUT2D eigenvalue weighted by Gasteiger charge is 2.26. The molecule has 29 heavy (non-hydrogen) atoms. The van der Waals surface area contributed by atoms with Gasteiger partial charge in [-0.15, -0.1) is 11.3 Å². The summed E-state index contributed by atoms with van der Waals surface area (Å²) >= 11 is 1.34. The van der Waals surface area contributed by atoms with Gasteiger partial charge in [0.1, 0.15) is 22.7 Å². The molecule has 0 saturated carbocycles. The standard InChI is InChI=1S/C22H17F2N3OS/c23-15-6-7-17(19(24)10-15)21(28)26-22-18(11-25)16-8-9-27(13-20(16)29-22)12-14-4-2-1-3-5-14/h1-7,10H,8-9,12-13H2,(H,26,28). The van der Waals surface area contributed by atoms with Crippen LogP contribution in [-0.4, -0.2) is 17.4 Å². The highest BCUT2D eigenvalue weighted by atomic mass is 32.1. The number of nitriles is 1. The minimum atomic E-state index is -0.934. The maximum absolute atomic E-state index is 13.9. The summed E-state index contributed by atoms with van der Waals surface area (Å²) in [6.07, 6.45) is 0.711. The van der Waals surface area contributed by atoms with Crippen LogP contribution in [0.15, 0.2) is 48.5 Å². The van der Waals surface area contributed by atoms with Gasteiger partial charge >= 0.3 is 0 Å². The number of amides is 1. The zero-order valence-electron chi connectivity index (χ0n) is 15.4. The molecule has 1 N–H and O–H groups in total. The van der Waals surface area contributed by atoms with Crippen LogP contribution in [0.5, 0.6) is 0 Å².